The Kier molecular flexibility index (Phi) is 5.53. The van der Waals surface area contributed by atoms with E-state index in [4.69, 9.17) is 9.84 Å². The lowest BCUT2D eigenvalue weighted by Gasteiger charge is -2.44. The molecule has 1 aromatic heterocycles. The number of anilines is 1. The molecule has 0 amide bonds. The largest absolute Gasteiger partial charge is 0.436 e. The van der Waals surface area contributed by atoms with E-state index in [1.54, 1.807) is 0 Å². The Morgan fingerprint density at radius 3 is 2.72 bits per heavy atom. The Balaban J connectivity index is 1.76. The molecular formula is C23H28N4O2. The summed E-state index contributed by atoms with van der Waals surface area (Å²) in [6.07, 6.45) is 5.58. The Labute approximate surface area is 171 Å². The number of nitrogens with one attached hydrogen (secondary N) is 1. The number of aromatic nitrogens is 2. The highest BCUT2D eigenvalue weighted by molar-refractivity contribution is 5.78. The van der Waals surface area contributed by atoms with Gasteiger partial charge in [-0.3, -0.25) is 14.4 Å². The molecule has 1 fully saturated rings. The smallest absolute Gasteiger partial charge is 0.322 e. The quantitative estimate of drug-likeness (QED) is 0.506. The van der Waals surface area contributed by atoms with Gasteiger partial charge >= 0.3 is 5.97 Å². The van der Waals surface area contributed by atoms with E-state index in [0.29, 0.717) is 0 Å². The lowest BCUT2D eigenvalue weighted by molar-refractivity contribution is -0.166. The summed E-state index contributed by atoms with van der Waals surface area (Å²) in [6.45, 7) is 0.241. The molecule has 1 saturated carbocycles. The maximum absolute atomic E-state index is 12.8. The number of nitrogens with zero attached hydrogens (tertiary/aromatic N) is 3. The Morgan fingerprint density at radius 1 is 1.17 bits per heavy atom. The van der Waals surface area contributed by atoms with Crippen LogP contribution in [0.4, 0.5) is 5.69 Å². The van der Waals surface area contributed by atoms with Crippen molar-refractivity contribution < 1.29 is 9.53 Å². The molecule has 0 spiro atoms. The fraction of sp³-hybridized carbons (Fsp3) is 0.391. The summed E-state index contributed by atoms with van der Waals surface area (Å²) in [4.78, 5) is 14.6. The lowest BCUT2D eigenvalue weighted by Crippen LogP contribution is -2.53. The van der Waals surface area contributed by atoms with Crippen molar-refractivity contribution in [3.63, 3.8) is 0 Å². The van der Waals surface area contributed by atoms with Crippen molar-refractivity contribution in [3.8, 4) is 0 Å². The number of hydrogen-bond acceptors (Lipinski definition) is 5. The Hall–Kier alpha value is -2.86. The summed E-state index contributed by atoms with van der Waals surface area (Å²) in [7, 11) is 3.75. The van der Waals surface area contributed by atoms with Crippen LogP contribution >= 0.6 is 0 Å². The second-order valence-electron chi connectivity index (χ2n) is 8.00. The number of ether oxygens (including phenoxy) is 1. The van der Waals surface area contributed by atoms with Gasteiger partial charge in [0.05, 0.1) is 18.3 Å². The Bertz CT molecular complexity index is 969. The summed E-state index contributed by atoms with van der Waals surface area (Å²) in [5.41, 5.74) is 1.15. The minimum Gasteiger partial charge on any atom is -0.436 e. The number of carbonyl (C=O) groups excluding carboxylic acids is 1. The van der Waals surface area contributed by atoms with Gasteiger partial charge in [0.2, 0.25) is 5.72 Å². The minimum atomic E-state index is -0.846. The average Bonchev–Trinajstić information content (AvgIpc) is 3.12. The number of hydrogen-bond donors (Lipinski definition) is 1. The van der Waals surface area contributed by atoms with Crippen molar-refractivity contribution in [3.05, 3.63) is 60.8 Å². The highest BCUT2D eigenvalue weighted by Crippen LogP contribution is 2.42. The molecule has 6 heteroatoms. The summed E-state index contributed by atoms with van der Waals surface area (Å²) < 4.78 is 8.26. The van der Waals surface area contributed by atoms with E-state index < -0.39 is 5.72 Å². The number of fused-ring (bicyclic) bond motifs is 1. The molecule has 1 aliphatic rings. The monoisotopic (exact) mass is 392 g/mol. The summed E-state index contributed by atoms with van der Waals surface area (Å²) >= 11 is 0. The van der Waals surface area contributed by atoms with Crippen molar-refractivity contribution in [2.24, 2.45) is 0 Å². The van der Waals surface area contributed by atoms with Gasteiger partial charge in [-0.2, -0.15) is 5.10 Å². The first kappa shape index (κ1) is 19.5. The maximum atomic E-state index is 12.8. The molecule has 29 heavy (non-hydrogen) atoms. The molecule has 3 aromatic rings. The van der Waals surface area contributed by atoms with Crippen LogP contribution in [-0.2, 0) is 9.53 Å². The van der Waals surface area contributed by atoms with Gasteiger partial charge in [0.15, 0.2) is 0 Å². The van der Waals surface area contributed by atoms with E-state index in [1.165, 1.54) is 0 Å². The highest BCUT2D eigenvalue weighted by Gasteiger charge is 2.46. The number of para-hydroxylation sites is 2. The SMILES string of the molecule is CN(C)CC(=O)OC1(Nc2ccccc2)CCCCC1n1ncc2ccccc21. The predicted molar refractivity (Wildman–Crippen MR) is 115 cm³/mol. The Morgan fingerprint density at radius 2 is 1.93 bits per heavy atom. The van der Waals surface area contributed by atoms with Crippen molar-refractivity contribution in [2.75, 3.05) is 26.0 Å². The molecule has 0 bridgehead atoms. The first-order chi connectivity index (χ1) is 14.1. The zero-order valence-corrected chi connectivity index (χ0v) is 17.0. The fourth-order valence-electron chi connectivity index (χ4n) is 4.23. The number of carbonyl (C=O) groups is 1. The van der Waals surface area contributed by atoms with Gasteiger partial charge in [-0.25, -0.2) is 0 Å². The number of likely N-dealkylation sites (N-methyl/N-ethyl adjacent to an activating group) is 1. The van der Waals surface area contributed by atoms with E-state index in [1.807, 2.05) is 72.3 Å². The molecule has 0 radical (unpaired) electrons. The van der Waals surface area contributed by atoms with Crippen LogP contribution in [0, 0.1) is 0 Å². The second-order valence-corrected chi connectivity index (χ2v) is 8.00. The molecule has 2 atom stereocenters. The van der Waals surface area contributed by atoms with Crippen molar-refractivity contribution in [1.29, 1.82) is 0 Å². The van der Waals surface area contributed by atoms with Crippen LogP contribution in [0.25, 0.3) is 10.9 Å². The summed E-state index contributed by atoms with van der Waals surface area (Å²) in [5, 5.41) is 9.37. The van der Waals surface area contributed by atoms with Gasteiger partial charge in [-0.1, -0.05) is 42.8 Å². The van der Waals surface area contributed by atoms with Crippen LogP contribution in [0.3, 0.4) is 0 Å². The molecule has 1 N–H and O–H groups in total. The van der Waals surface area contributed by atoms with Crippen molar-refractivity contribution in [1.82, 2.24) is 14.7 Å². The first-order valence-electron chi connectivity index (χ1n) is 10.2. The maximum Gasteiger partial charge on any atom is 0.322 e. The third-order valence-corrected chi connectivity index (χ3v) is 5.49. The van der Waals surface area contributed by atoms with Crippen molar-refractivity contribution in [2.45, 2.75) is 37.5 Å². The highest BCUT2D eigenvalue weighted by atomic mass is 16.6. The number of rotatable bonds is 6. The molecule has 2 unspecified atom stereocenters. The van der Waals surface area contributed by atoms with Gasteiger partial charge in [-0.05, 0) is 45.1 Å². The van der Waals surface area contributed by atoms with E-state index >= 15 is 0 Å². The van der Waals surface area contributed by atoms with E-state index in [-0.39, 0.29) is 18.6 Å². The molecule has 4 rings (SSSR count). The van der Waals surface area contributed by atoms with Crippen LogP contribution < -0.4 is 5.32 Å². The number of benzene rings is 2. The minimum absolute atomic E-state index is 0.0949. The van der Waals surface area contributed by atoms with Crippen LogP contribution in [0.5, 0.6) is 0 Å². The number of esters is 1. The molecule has 2 aromatic carbocycles. The van der Waals surface area contributed by atoms with Crippen LogP contribution in [0.1, 0.15) is 31.7 Å². The normalized spacial score (nSPS) is 22.0. The van der Waals surface area contributed by atoms with Gasteiger partial charge in [0, 0.05) is 17.5 Å². The summed E-state index contributed by atoms with van der Waals surface area (Å²) in [5.74, 6) is -0.234. The molecule has 0 saturated heterocycles. The molecule has 1 heterocycles. The standard InChI is InChI=1S/C23H28N4O2/c1-26(2)17-22(28)29-23(25-19-11-4-3-5-12-19)15-9-8-14-21(23)27-20-13-7-6-10-18(20)16-24-27/h3-7,10-13,16,21,25H,8-9,14-15,17H2,1-2H3. The molecule has 1 aliphatic carbocycles. The van der Waals surface area contributed by atoms with Crippen LogP contribution in [0.15, 0.2) is 60.8 Å². The second kappa shape index (κ2) is 8.25. The average molecular weight is 393 g/mol. The zero-order valence-electron chi connectivity index (χ0n) is 17.0. The van der Waals surface area contributed by atoms with Gasteiger partial charge < -0.3 is 10.1 Å². The van der Waals surface area contributed by atoms with E-state index in [9.17, 15) is 4.79 Å². The predicted octanol–water partition coefficient (Wildman–Crippen LogP) is 4.06. The van der Waals surface area contributed by atoms with Gasteiger partial charge in [-0.15, -0.1) is 0 Å². The lowest BCUT2D eigenvalue weighted by atomic mass is 9.86. The zero-order chi connectivity index (χ0) is 20.3. The third kappa shape index (κ3) is 4.12. The fourth-order valence-corrected chi connectivity index (χ4v) is 4.23. The van der Waals surface area contributed by atoms with Gasteiger partial charge in [0.25, 0.3) is 0 Å². The molecule has 152 valence electrons. The third-order valence-electron chi connectivity index (χ3n) is 5.49. The summed E-state index contributed by atoms with van der Waals surface area (Å²) in [6, 6.07) is 18.0. The molecular weight excluding hydrogens is 364 g/mol. The van der Waals surface area contributed by atoms with Crippen LogP contribution in [0.2, 0.25) is 0 Å². The van der Waals surface area contributed by atoms with Gasteiger partial charge in [0.1, 0.15) is 6.04 Å². The molecule has 6 nitrogen and oxygen atoms in total. The van der Waals surface area contributed by atoms with E-state index in [0.717, 1.165) is 42.3 Å². The van der Waals surface area contributed by atoms with Crippen LogP contribution in [-0.4, -0.2) is 47.0 Å². The topological polar surface area (TPSA) is 59.4 Å². The van der Waals surface area contributed by atoms with E-state index in [2.05, 4.69) is 17.4 Å². The first-order valence-corrected chi connectivity index (χ1v) is 10.2. The van der Waals surface area contributed by atoms with Crippen molar-refractivity contribution >= 4 is 22.6 Å². The molecule has 0 aliphatic heterocycles.